The number of thiophene rings is 1. The Morgan fingerprint density at radius 3 is 1.77 bits per heavy atom. The summed E-state index contributed by atoms with van der Waals surface area (Å²) in [5.41, 5.74) is 19.5. The van der Waals surface area contributed by atoms with Crippen LogP contribution in [0, 0.1) is 0 Å². The van der Waals surface area contributed by atoms with E-state index in [1.165, 1.54) is 113 Å². The number of hydrogen-bond donors (Lipinski definition) is 0. The Balaban J connectivity index is 0.848. The Hall–Kier alpha value is -11.2. The van der Waals surface area contributed by atoms with Crippen molar-refractivity contribution in [3.63, 3.8) is 0 Å². The minimum Gasteiger partial charge on any atom is -0.310 e. The molecular weight excluding hydrogens is 1110 g/mol. The molecule has 0 fully saturated rings. The predicted molar refractivity (Wildman–Crippen MR) is 383 cm³/mol. The third-order valence-corrected chi connectivity index (χ3v) is 20.7. The van der Waals surface area contributed by atoms with Crippen molar-refractivity contribution in [3.05, 3.63) is 302 Å². The summed E-state index contributed by atoms with van der Waals surface area (Å²) < 4.78 is 4.93. The lowest BCUT2D eigenvalue weighted by molar-refractivity contribution is 0.660. The molecule has 4 nitrogen and oxygen atoms in total. The summed E-state index contributed by atoms with van der Waals surface area (Å²) in [7, 11) is 0. The average molecular weight is 1160 g/mol. The highest BCUT2D eigenvalue weighted by Crippen LogP contribution is 2.53. The third kappa shape index (κ3) is 7.48. The molecule has 4 heterocycles. The smallest absolute Gasteiger partial charge is 0.138 e. The van der Waals surface area contributed by atoms with Crippen LogP contribution in [0.2, 0.25) is 0 Å². The number of pyridine rings is 2. The van der Waals surface area contributed by atoms with Crippen LogP contribution in [0.4, 0.5) is 17.1 Å². The predicted octanol–water partition coefficient (Wildman–Crippen LogP) is 23.6. The Labute approximate surface area is 523 Å². The van der Waals surface area contributed by atoms with Crippen molar-refractivity contribution in [2.45, 2.75) is 19.3 Å². The minimum atomic E-state index is -0.128. The Morgan fingerprint density at radius 2 is 0.967 bits per heavy atom. The molecular formula is C85H54N4S. The minimum absolute atomic E-state index is 0.128. The zero-order chi connectivity index (χ0) is 59.3. The number of hydrogen-bond acceptors (Lipinski definition) is 4. The molecule has 0 unspecified atom stereocenters. The van der Waals surface area contributed by atoms with Gasteiger partial charge in [-0.05, 0) is 178 Å². The van der Waals surface area contributed by atoms with Gasteiger partial charge in [0, 0.05) is 70.1 Å². The fraction of sp³-hybridized carbons (Fsp3) is 0.0353. The van der Waals surface area contributed by atoms with Gasteiger partial charge in [0.15, 0.2) is 0 Å². The van der Waals surface area contributed by atoms with Gasteiger partial charge in [-0.2, -0.15) is 0 Å². The van der Waals surface area contributed by atoms with Crippen LogP contribution in [-0.4, -0.2) is 14.5 Å². The van der Waals surface area contributed by atoms with Crippen molar-refractivity contribution < 1.29 is 0 Å². The molecule has 14 aromatic carbocycles. The molecule has 90 heavy (non-hydrogen) atoms. The van der Waals surface area contributed by atoms with E-state index in [2.05, 4.69) is 302 Å². The van der Waals surface area contributed by atoms with Gasteiger partial charge in [-0.1, -0.05) is 214 Å². The molecule has 0 saturated carbocycles. The highest BCUT2D eigenvalue weighted by molar-refractivity contribution is 7.26. The van der Waals surface area contributed by atoms with Gasteiger partial charge in [0.1, 0.15) is 5.82 Å². The third-order valence-electron chi connectivity index (χ3n) is 19.6. The van der Waals surface area contributed by atoms with Crippen LogP contribution in [0.3, 0.4) is 0 Å². The first-order valence-electron chi connectivity index (χ1n) is 31.0. The molecule has 0 atom stereocenters. The molecule has 4 aromatic heterocycles. The average Bonchev–Trinajstić information content (AvgIpc) is 1.58. The maximum absolute atomic E-state index is 5.55. The largest absolute Gasteiger partial charge is 0.310 e. The normalized spacial score (nSPS) is 12.9. The Kier molecular flexibility index (Phi) is 11.0. The summed E-state index contributed by atoms with van der Waals surface area (Å²) in [6, 6.07) is 106. The van der Waals surface area contributed by atoms with Gasteiger partial charge < -0.3 is 4.90 Å². The molecule has 0 saturated heterocycles. The summed E-state index contributed by atoms with van der Waals surface area (Å²) in [4.78, 5) is 12.9. The molecule has 0 radical (unpaired) electrons. The number of nitrogens with zero attached hydrogens (tertiary/aromatic N) is 4. The first-order valence-corrected chi connectivity index (χ1v) is 31.8. The number of fused-ring (bicyclic) bond motifs is 20. The lowest BCUT2D eigenvalue weighted by Gasteiger charge is -2.29. The zero-order valence-electron chi connectivity index (χ0n) is 49.4. The first kappa shape index (κ1) is 50.9. The standard InChI is InChI=1S/C85H54N4S/c1-85(2)73-32-15-14-30-66(73)70-48-57(37-39-74(70)85)88(56-22-16-20-54(46-56)59-24-7-6-23-58(59)51-18-4-3-5-19-51)75-41-38-60(61-25-12-13-31-67(61)75)55-35-40-76-71(47-55)81-77(89(76)80-44-36-53-34-33-52-21-17-45-86-83(52)84(53)87-80)42-43-78-82(81)72-49-68-64-28-10-8-26-62(64)63-27-9-11-29-65(63)69(68)50-79(72)90-78/h3-50H,1-2H3. The van der Waals surface area contributed by atoms with E-state index in [0.717, 1.165) is 72.2 Å². The van der Waals surface area contributed by atoms with Crippen LogP contribution < -0.4 is 4.90 Å². The van der Waals surface area contributed by atoms with Crippen molar-refractivity contribution in [1.82, 2.24) is 14.5 Å². The van der Waals surface area contributed by atoms with E-state index >= 15 is 0 Å². The zero-order valence-corrected chi connectivity index (χ0v) is 50.2. The molecule has 1 aliphatic rings. The van der Waals surface area contributed by atoms with Crippen molar-refractivity contribution >= 4 is 135 Å². The second-order valence-corrected chi connectivity index (χ2v) is 25.8. The molecule has 0 aliphatic heterocycles. The molecule has 0 spiro atoms. The summed E-state index contributed by atoms with van der Waals surface area (Å²) in [6.45, 7) is 4.72. The Bertz CT molecular complexity index is 6090. The summed E-state index contributed by atoms with van der Waals surface area (Å²) >= 11 is 1.89. The first-order chi connectivity index (χ1) is 44.4. The lowest BCUT2D eigenvalue weighted by atomic mass is 9.82. The van der Waals surface area contributed by atoms with Crippen LogP contribution in [0.15, 0.2) is 291 Å². The van der Waals surface area contributed by atoms with Gasteiger partial charge in [-0.25, -0.2) is 4.98 Å². The van der Waals surface area contributed by atoms with Crippen molar-refractivity contribution in [2.24, 2.45) is 0 Å². The molecule has 5 heteroatoms. The number of aromatic nitrogens is 3. The van der Waals surface area contributed by atoms with E-state index in [0.29, 0.717) is 0 Å². The SMILES string of the molecule is CC1(C)c2ccccc2-c2cc(N(c3cccc(-c4ccccc4-c4ccccc4)c3)c3ccc(-c4ccc5c(c4)c4c6c(ccc4n5-c4ccc5ccc7cccnc7c5n4)sc4cc5c7ccccc7c7ccccc7c5cc46)c4ccccc34)ccc21. The van der Waals surface area contributed by atoms with Gasteiger partial charge >= 0.3 is 0 Å². The van der Waals surface area contributed by atoms with Gasteiger partial charge in [0.2, 0.25) is 0 Å². The van der Waals surface area contributed by atoms with E-state index in [1.54, 1.807) is 0 Å². The Morgan fingerprint density at radius 1 is 0.344 bits per heavy atom. The van der Waals surface area contributed by atoms with Gasteiger partial charge in [0.25, 0.3) is 0 Å². The molecule has 18 aromatic rings. The maximum atomic E-state index is 5.55. The summed E-state index contributed by atoms with van der Waals surface area (Å²) in [6.07, 6.45) is 1.87. The molecule has 1 aliphatic carbocycles. The van der Waals surface area contributed by atoms with Crippen molar-refractivity contribution in [3.8, 4) is 50.3 Å². The van der Waals surface area contributed by atoms with Crippen LogP contribution in [-0.2, 0) is 5.41 Å². The highest BCUT2D eigenvalue weighted by atomic mass is 32.1. The van der Waals surface area contributed by atoms with Crippen LogP contribution in [0.1, 0.15) is 25.0 Å². The monoisotopic (exact) mass is 1160 g/mol. The van der Waals surface area contributed by atoms with E-state index in [-0.39, 0.29) is 5.41 Å². The van der Waals surface area contributed by atoms with Gasteiger partial charge in [-0.3, -0.25) is 9.55 Å². The molecule has 420 valence electrons. The number of benzene rings is 14. The molecule has 0 amide bonds. The highest BCUT2D eigenvalue weighted by Gasteiger charge is 2.36. The second-order valence-electron chi connectivity index (χ2n) is 24.7. The van der Waals surface area contributed by atoms with E-state index in [4.69, 9.17) is 9.97 Å². The van der Waals surface area contributed by atoms with E-state index in [1.807, 2.05) is 23.6 Å². The second kappa shape index (κ2) is 19.4. The molecule has 0 N–H and O–H groups in total. The topological polar surface area (TPSA) is 34.0 Å². The molecule has 19 rings (SSSR count). The quantitative estimate of drug-likeness (QED) is 0.149. The van der Waals surface area contributed by atoms with Crippen LogP contribution in [0.5, 0.6) is 0 Å². The summed E-state index contributed by atoms with van der Waals surface area (Å²) in [5, 5.41) is 17.1. The fourth-order valence-electron chi connectivity index (χ4n) is 15.4. The van der Waals surface area contributed by atoms with Crippen LogP contribution in [0.25, 0.3) is 157 Å². The number of rotatable bonds is 7. The molecule has 0 bridgehead atoms. The fourth-order valence-corrected chi connectivity index (χ4v) is 16.6. The van der Waals surface area contributed by atoms with Crippen molar-refractivity contribution in [1.29, 1.82) is 0 Å². The van der Waals surface area contributed by atoms with E-state index in [9.17, 15) is 0 Å². The maximum Gasteiger partial charge on any atom is 0.138 e. The number of anilines is 3. The van der Waals surface area contributed by atoms with Crippen molar-refractivity contribution in [2.75, 3.05) is 4.90 Å². The van der Waals surface area contributed by atoms with Gasteiger partial charge in [-0.15, -0.1) is 11.3 Å². The lowest BCUT2D eigenvalue weighted by Crippen LogP contribution is -2.15. The van der Waals surface area contributed by atoms with Crippen LogP contribution >= 0.6 is 11.3 Å². The van der Waals surface area contributed by atoms with E-state index < -0.39 is 0 Å². The van der Waals surface area contributed by atoms with Gasteiger partial charge in [0.05, 0.1) is 27.8 Å². The summed E-state index contributed by atoms with van der Waals surface area (Å²) in [5.74, 6) is 0.858.